The Balaban J connectivity index is 2.06. The zero-order valence-electron chi connectivity index (χ0n) is 27.4. The van der Waals surface area contributed by atoms with Crippen molar-refractivity contribution in [1.29, 1.82) is 5.26 Å². The number of hydrogen-bond donors (Lipinski definition) is 5. The van der Waals surface area contributed by atoms with Crippen LogP contribution in [0.15, 0.2) is 57.6 Å². The summed E-state index contributed by atoms with van der Waals surface area (Å²) in [4.78, 5) is 6.16. The van der Waals surface area contributed by atoms with Crippen molar-refractivity contribution in [2.24, 2.45) is 10.2 Å². The maximum Gasteiger partial charge on any atom is 0.183 e. The number of anilines is 3. The van der Waals surface area contributed by atoms with Crippen molar-refractivity contribution in [3.8, 4) is 17.6 Å². The molecule has 0 saturated carbocycles. The highest BCUT2D eigenvalue weighted by Crippen LogP contribution is 2.41. The molecule has 0 bridgehead atoms. The second kappa shape index (κ2) is 17.0. The van der Waals surface area contributed by atoms with E-state index in [1.165, 1.54) is 26.4 Å². The summed E-state index contributed by atoms with van der Waals surface area (Å²) in [5.74, 6) is 0.367. The van der Waals surface area contributed by atoms with E-state index in [1.807, 2.05) is 30.3 Å². The summed E-state index contributed by atoms with van der Waals surface area (Å²) in [6, 6.07) is 14.1. The molecule has 0 fully saturated rings. The Morgan fingerprint density at radius 2 is 1.60 bits per heavy atom. The van der Waals surface area contributed by atoms with Crippen LogP contribution >= 0.6 is 0 Å². The molecule has 0 amide bonds. The number of hydrogen-bond acceptors (Lipinski definition) is 14. The number of ether oxygens (including phenoxy) is 2. The lowest BCUT2D eigenvalue weighted by atomic mass is 10.1. The van der Waals surface area contributed by atoms with Gasteiger partial charge in [0.2, 0.25) is 0 Å². The van der Waals surface area contributed by atoms with Gasteiger partial charge >= 0.3 is 0 Å². The minimum Gasteiger partial charge on any atom is -0.495 e. The quantitative estimate of drug-likeness (QED) is 0.129. The first-order valence-electron chi connectivity index (χ1n) is 15.0. The number of nitriles is 1. The summed E-state index contributed by atoms with van der Waals surface area (Å²) in [5.41, 5.74) is 1.79. The number of azo groups is 1. The van der Waals surface area contributed by atoms with E-state index in [-0.39, 0.29) is 76.9 Å². The smallest absolute Gasteiger partial charge is 0.183 e. The van der Waals surface area contributed by atoms with Gasteiger partial charge in [0.25, 0.3) is 0 Å². The van der Waals surface area contributed by atoms with Gasteiger partial charge in [0, 0.05) is 49.6 Å². The number of nitrogens with zero attached hydrogens (tertiary/aromatic N) is 5. The maximum absolute atomic E-state index is 13.5. The number of aromatic nitrogens is 1. The van der Waals surface area contributed by atoms with Crippen molar-refractivity contribution in [1.82, 2.24) is 9.88 Å². The van der Waals surface area contributed by atoms with Gasteiger partial charge in [0.15, 0.2) is 15.7 Å². The van der Waals surface area contributed by atoms with Crippen LogP contribution in [-0.4, -0.2) is 98.1 Å². The van der Waals surface area contributed by atoms with Crippen LogP contribution in [0.1, 0.15) is 31.9 Å². The minimum atomic E-state index is -3.92. The van der Waals surface area contributed by atoms with Gasteiger partial charge in [-0.2, -0.15) is 5.26 Å². The first-order chi connectivity index (χ1) is 22.3. The predicted octanol–water partition coefficient (Wildman–Crippen LogP) is 4.07. The fourth-order valence-corrected chi connectivity index (χ4v) is 6.17. The SMILES string of the molecule is COc1cc(S(=O)(=O)CCN(CC(C)O)CC(C)O)c(OC)cc1N=Nc1c(Nc2ccccc2)nc(NCC(C)O)c(C#N)c1C. The molecule has 2 aromatic carbocycles. The molecule has 14 nitrogen and oxygen atoms in total. The monoisotopic (exact) mass is 669 g/mol. The van der Waals surface area contributed by atoms with Crippen molar-refractivity contribution in [3.05, 3.63) is 53.6 Å². The number of pyridine rings is 1. The number of para-hydroxylation sites is 1. The Morgan fingerprint density at radius 3 is 2.15 bits per heavy atom. The van der Waals surface area contributed by atoms with Gasteiger partial charge in [-0.15, -0.1) is 10.2 Å². The lowest BCUT2D eigenvalue weighted by molar-refractivity contribution is 0.0873. The van der Waals surface area contributed by atoms with E-state index in [1.54, 1.807) is 32.6 Å². The Kier molecular flexibility index (Phi) is 13.4. The summed E-state index contributed by atoms with van der Waals surface area (Å²) < 4.78 is 38.0. The van der Waals surface area contributed by atoms with E-state index >= 15 is 0 Å². The lowest BCUT2D eigenvalue weighted by Gasteiger charge is -2.25. The highest BCUT2D eigenvalue weighted by atomic mass is 32.2. The van der Waals surface area contributed by atoms with E-state index in [2.05, 4.69) is 31.9 Å². The van der Waals surface area contributed by atoms with Gasteiger partial charge in [-0.1, -0.05) is 18.2 Å². The summed E-state index contributed by atoms with van der Waals surface area (Å²) in [6.45, 7) is 7.11. The zero-order valence-corrected chi connectivity index (χ0v) is 28.2. The van der Waals surface area contributed by atoms with Gasteiger partial charge in [-0.25, -0.2) is 13.4 Å². The number of aliphatic hydroxyl groups is 3. The summed E-state index contributed by atoms with van der Waals surface area (Å²) in [6.07, 6.45) is -2.10. The predicted molar refractivity (Wildman–Crippen MR) is 179 cm³/mol. The molecule has 3 atom stereocenters. The van der Waals surface area contributed by atoms with E-state index in [9.17, 15) is 29.0 Å². The van der Waals surface area contributed by atoms with Crippen molar-refractivity contribution < 1.29 is 33.2 Å². The standard InChI is InChI=1S/C32H43N7O7S/c1-20(40)17-34-31-25(16-33)23(4)30(32(36-31)35-24-10-8-7-9-11-24)38-37-26-14-28(46-6)29(15-27(26)45-5)47(43,44)13-12-39(18-21(2)41)19-22(3)42/h7-11,14-15,20-22,40-42H,12-13,17-19H2,1-6H3,(H2,34,35,36). The number of nitrogens with one attached hydrogen (secondary N) is 2. The molecule has 254 valence electrons. The molecule has 1 aromatic heterocycles. The number of benzene rings is 2. The van der Waals surface area contributed by atoms with Crippen LogP contribution in [0.5, 0.6) is 11.5 Å². The molecule has 1 heterocycles. The molecular formula is C32H43N7O7S. The average molecular weight is 670 g/mol. The average Bonchev–Trinajstić information content (AvgIpc) is 3.02. The van der Waals surface area contributed by atoms with Crippen molar-refractivity contribution in [2.75, 3.05) is 56.8 Å². The third-order valence-corrected chi connectivity index (χ3v) is 8.62. The first-order valence-corrected chi connectivity index (χ1v) is 16.6. The normalized spacial score (nSPS) is 13.6. The van der Waals surface area contributed by atoms with Gasteiger partial charge in [-0.05, 0) is 39.8 Å². The van der Waals surface area contributed by atoms with Gasteiger partial charge in [0.05, 0.1) is 43.8 Å². The maximum atomic E-state index is 13.5. The third-order valence-electron chi connectivity index (χ3n) is 6.91. The van der Waals surface area contributed by atoms with Gasteiger partial charge in [-0.3, -0.25) is 4.90 Å². The Labute approximate surface area is 275 Å². The molecule has 0 radical (unpaired) electrons. The molecule has 0 aliphatic carbocycles. The van der Waals surface area contributed by atoms with Crippen LogP contribution in [-0.2, 0) is 9.84 Å². The topological polar surface area (TPSA) is 202 Å². The second-order valence-corrected chi connectivity index (χ2v) is 13.2. The highest BCUT2D eigenvalue weighted by Gasteiger charge is 2.25. The number of sulfone groups is 1. The van der Waals surface area contributed by atoms with Crippen LogP contribution < -0.4 is 20.1 Å². The minimum absolute atomic E-state index is 0.0187. The fourth-order valence-electron chi connectivity index (χ4n) is 4.71. The van der Waals surface area contributed by atoms with E-state index in [0.29, 0.717) is 11.3 Å². The second-order valence-electron chi connectivity index (χ2n) is 11.1. The Hall–Kier alpha value is -4.33. The lowest BCUT2D eigenvalue weighted by Crippen LogP contribution is -2.39. The molecular weight excluding hydrogens is 626 g/mol. The third kappa shape index (κ3) is 10.3. The summed E-state index contributed by atoms with van der Waals surface area (Å²) in [5, 5.41) is 54.4. The molecule has 3 unspecified atom stereocenters. The highest BCUT2D eigenvalue weighted by molar-refractivity contribution is 7.91. The Bertz CT molecular complexity index is 1670. The first kappa shape index (κ1) is 37.1. The molecule has 47 heavy (non-hydrogen) atoms. The molecule has 3 rings (SSSR count). The molecule has 5 N–H and O–H groups in total. The van der Waals surface area contributed by atoms with Crippen LogP contribution in [0.4, 0.5) is 28.7 Å². The Morgan fingerprint density at radius 1 is 0.957 bits per heavy atom. The number of rotatable bonds is 17. The number of aliphatic hydroxyl groups excluding tert-OH is 3. The zero-order chi connectivity index (χ0) is 34.7. The van der Waals surface area contributed by atoms with Crippen molar-refractivity contribution in [3.63, 3.8) is 0 Å². The molecule has 0 spiro atoms. The summed E-state index contributed by atoms with van der Waals surface area (Å²) >= 11 is 0. The molecule has 3 aromatic rings. The van der Waals surface area contributed by atoms with Crippen LogP contribution in [0.25, 0.3) is 0 Å². The molecule has 0 saturated heterocycles. The molecule has 0 aliphatic heterocycles. The van der Waals surface area contributed by atoms with E-state index in [4.69, 9.17) is 9.47 Å². The fraction of sp³-hybridized carbons (Fsp3) is 0.438. The van der Waals surface area contributed by atoms with Crippen molar-refractivity contribution >= 4 is 38.5 Å². The van der Waals surface area contributed by atoms with Crippen LogP contribution in [0, 0.1) is 18.3 Å². The van der Waals surface area contributed by atoms with Crippen molar-refractivity contribution in [2.45, 2.75) is 50.9 Å². The molecule has 0 aliphatic rings. The summed E-state index contributed by atoms with van der Waals surface area (Å²) in [7, 11) is -1.22. The van der Waals surface area contributed by atoms with E-state index < -0.39 is 28.1 Å². The van der Waals surface area contributed by atoms with Crippen LogP contribution in [0.3, 0.4) is 0 Å². The largest absolute Gasteiger partial charge is 0.495 e. The van der Waals surface area contributed by atoms with Gasteiger partial charge in [0.1, 0.15) is 39.7 Å². The van der Waals surface area contributed by atoms with Crippen LogP contribution in [0.2, 0.25) is 0 Å². The molecule has 15 heteroatoms. The van der Waals surface area contributed by atoms with E-state index in [0.717, 1.165) is 0 Å². The number of methoxy groups -OCH3 is 2. The van der Waals surface area contributed by atoms with Gasteiger partial charge < -0.3 is 35.4 Å².